The van der Waals surface area contributed by atoms with Gasteiger partial charge < -0.3 is 19.7 Å². The van der Waals surface area contributed by atoms with Gasteiger partial charge in [0.05, 0.1) is 6.54 Å². The number of rotatable bonds is 3. The van der Waals surface area contributed by atoms with E-state index in [-0.39, 0.29) is 12.5 Å². The highest BCUT2D eigenvalue weighted by Crippen LogP contribution is 2.29. The molecule has 1 unspecified atom stereocenters. The maximum atomic E-state index is 13.6. The van der Waals surface area contributed by atoms with Crippen molar-refractivity contribution in [3.8, 4) is 11.8 Å². The summed E-state index contributed by atoms with van der Waals surface area (Å²) >= 11 is 0. The number of allylic oxidation sites excluding steroid dienone is 1. The topological polar surface area (TPSA) is 121 Å². The first kappa shape index (κ1) is 27.9. The maximum absolute atomic E-state index is 13.6. The van der Waals surface area contributed by atoms with E-state index in [1.165, 1.54) is 18.5 Å². The lowest BCUT2D eigenvalue weighted by Crippen LogP contribution is -2.66. The molecule has 0 aliphatic carbocycles. The average Bonchev–Trinajstić information content (AvgIpc) is 3.13. The van der Waals surface area contributed by atoms with Crippen molar-refractivity contribution in [2.24, 2.45) is 4.99 Å². The molecule has 0 aromatic heterocycles. The number of quaternary nitrogens is 1. The largest absolute Gasteiger partial charge is 0.538 e. The van der Waals surface area contributed by atoms with Crippen LogP contribution in [0, 0.1) is 11.8 Å². The molecule has 11 nitrogen and oxygen atoms in total. The monoisotopic (exact) mass is 489 g/mol. The summed E-state index contributed by atoms with van der Waals surface area (Å²) in [5.41, 5.74) is -1.19. The molecule has 0 aromatic carbocycles. The van der Waals surface area contributed by atoms with Gasteiger partial charge in [0, 0.05) is 32.4 Å². The number of hydrogen-bond donors (Lipinski definition) is 3. The minimum atomic E-state index is -0.908. The van der Waals surface area contributed by atoms with Gasteiger partial charge in [0.2, 0.25) is 0 Å². The van der Waals surface area contributed by atoms with E-state index in [9.17, 15) is 14.4 Å². The van der Waals surface area contributed by atoms with Crippen LogP contribution in [-0.4, -0.2) is 77.5 Å². The predicted molar refractivity (Wildman–Crippen MR) is 132 cm³/mol. The summed E-state index contributed by atoms with van der Waals surface area (Å²) in [6.07, 6.45) is 2.83. The molecular formula is C24H37N6O5+. The summed E-state index contributed by atoms with van der Waals surface area (Å²) in [6.45, 7) is 14.6. The Balaban J connectivity index is 2.47. The second kappa shape index (κ2) is 11.4. The fourth-order valence-corrected chi connectivity index (χ4v) is 3.25. The molecule has 2 aliphatic heterocycles. The molecule has 0 spiro atoms. The van der Waals surface area contributed by atoms with Crippen LogP contribution in [0.3, 0.4) is 0 Å². The summed E-state index contributed by atoms with van der Waals surface area (Å²) in [5.74, 6) is 5.71. The van der Waals surface area contributed by atoms with Crippen LogP contribution in [0.15, 0.2) is 29.2 Å². The molecule has 2 heterocycles. The third kappa shape index (κ3) is 7.83. The number of carbonyl (C=O) groups excluding carboxylic acids is 3. The second-order valence-electron chi connectivity index (χ2n) is 9.97. The molecule has 0 bridgehead atoms. The summed E-state index contributed by atoms with van der Waals surface area (Å²) in [4.78, 5) is 45.6. The first-order chi connectivity index (χ1) is 16.3. The van der Waals surface area contributed by atoms with Crippen molar-refractivity contribution < 1.29 is 28.3 Å². The fraction of sp³-hybridized carbons (Fsp3) is 0.583. The van der Waals surface area contributed by atoms with Gasteiger partial charge in [0.25, 0.3) is 0 Å². The number of guanidine groups is 1. The molecule has 1 atom stereocenters. The molecule has 0 radical (unpaired) electrons. The Bertz CT molecular complexity index is 971. The minimum absolute atomic E-state index is 0.0617. The van der Waals surface area contributed by atoms with Crippen molar-refractivity contribution in [3.63, 3.8) is 0 Å². The van der Waals surface area contributed by atoms with Crippen LogP contribution in [0.25, 0.3) is 0 Å². The van der Waals surface area contributed by atoms with Crippen molar-refractivity contribution in [3.05, 3.63) is 24.2 Å². The molecule has 1 saturated heterocycles. The molecule has 2 rings (SSSR count). The SMILES string of the molecule is CC#CCNC(=O)[N+]1(C(=O)OC(C)(C)C)C=C(C=CNC(=O)OC(C)(C)C)N=C1N1CCNCC1. The van der Waals surface area contributed by atoms with Crippen LogP contribution in [0.4, 0.5) is 14.4 Å². The number of nitrogens with zero attached hydrogens (tertiary/aromatic N) is 3. The first-order valence-electron chi connectivity index (χ1n) is 11.5. The third-order valence-corrected chi connectivity index (χ3v) is 4.63. The van der Waals surface area contributed by atoms with Gasteiger partial charge in [-0.05, 0) is 59.0 Å². The van der Waals surface area contributed by atoms with E-state index in [2.05, 4.69) is 32.8 Å². The molecule has 3 N–H and O–H groups in total. The lowest BCUT2D eigenvalue weighted by atomic mass is 10.2. The van der Waals surface area contributed by atoms with E-state index >= 15 is 0 Å². The Morgan fingerprint density at radius 3 is 2.34 bits per heavy atom. The van der Waals surface area contributed by atoms with Gasteiger partial charge in [-0.15, -0.1) is 5.92 Å². The van der Waals surface area contributed by atoms with E-state index in [0.717, 1.165) is 0 Å². The molecule has 11 heteroatoms. The summed E-state index contributed by atoms with van der Waals surface area (Å²) in [5, 5.41) is 8.46. The molecule has 4 amide bonds. The molecule has 1 fully saturated rings. The Labute approximate surface area is 207 Å². The van der Waals surface area contributed by atoms with E-state index in [1.54, 1.807) is 48.5 Å². The Kier molecular flexibility index (Phi) is 9.06. The number of carbonyl (C=O) groups is 3. The van der Waals surface area contributed by atoms with E-state index in [4.69, 9.17) is 9.47 Å². The Morgan fingerprint density at radius 2 is 1.77 bits per heavy atom. The summed E-state index contributed by atoms with van der Waals surface area (Å²) in [6, 6.07) is -0.636. The lowest BCUT2D eigenvalue weighted by Gasteiger charge is -2.35. The molecule has 0 aromatic rings. The second-order valence-corrected chi connectivity index (χ2v) is 9.97. The summed E-state index contributed by atoms with van der Waals surface area (Å²) < 4.78 is 9.99. The zero-order valence-electron chi connectivity index (χ0n) is 21.7. The Hall–Kier alpha value is -3.36. The predicted octanol–water partition coefficient (Wildman–Crippen LogP) is 2.63. The number of aliphatic imine (C=N–C) groups is 1. The fourth-order valence-electron chi connectivity index (χ4n) is 3.25. The van der Waals surface area contributed by atoms with Gasteiger partial charge in [-0.3, -0.25) is 10.6 Å². The minimum Gasteiger partial charge on any atom is -0.444 e. The Morgan fingerprint density at radius 1 is 1.14 bits per heavy atom. The number of urea groups is 1. The third-order valence-electron chi connectivity index (χ3n) is 4.63. The maximum Gasteiger partial charge on any atom is 0.538 e. The number of piperazine rings is 1. The van der Waals surface area contributed by atoms with E-state index < -0.39 is 33.9 Å². The van der Waals surface area contributed by atoms with E-state index in [0.29, 0.717) is 31.9 Å². The number of alkyl carbamates (subject to hydrolysis) is 1. The van der Waals surface area contributed by atoms with Gasteiger partial charge >= 0.3 is 24.2 Å². The van der Waals surface area contributed by atoms with E-state index in [1.807, 2.05) is 4.90 Å². The normalized spacial score (nSPS) is 20.4. The highest BCUT2D eigenvalue weighted by Gasteiger charge is 2.57. The van der Waals surface area contributed by atoms with Crippen molar-refractivity contribution in [1.29, 1.82) is 0 Å². The molecule has 0 saturated carbocycles. The van der Waals surface area contributed by atoms with Crippen molar-refractivity contribution in [2.75, 3.05) is 32.7 Å². The van der Waals surface area contributed by atoms with Gasteiger partial charge in [0.1, 0.15) is 16.9 Å². The number of ether oxygens (including phenoxy) is 2. The highest BCUT2D eigenvalue weighted by molar-refractivity contribution is 5.99. The summed E-state index contributed by atoms with van der Waals surface area (Å²) in [7, 11) is 0. The van der Waals surface area contributed by atoms with Crippen molar-refractivity contribution in [2.45, 2.75) is 59.7 Å². The quantitative estimate of drug-likeness (QED) is 0.412. The van der Waals surface area contributed by atoms with Crippen LogP contribution in [0.2, 0.25) is 0 Å². The van der Waals surface area contributed by atoms with Crippen LogP contribution in [-0.2, 0) is 9.47 Å². The van der Waals surface area contributed by atoms with Gasteiger partial charge in [-0.2, -0.15) is 9.79 Å². The van der Waals surface area contributed by atoms with Crippen LogP contribution in [0.5, 0.6) is 0 Å². The van der Waals surface area contributed by atoms with Gasteiger partial charge in [-0.25, -0.2) is 9.59 Å². The van der Waals surface area contributed by atoms with Gasteiger partial charge in [0.15, 0.2) is 6.20 Å². The number of nitrogens with one attached hydrogen (secondary N) is 3. The first-order valence-corrected chi connectivity index (χ1v) is 11.5. The highest BCUT2D eigenvalue weighted by atomic mass is 16.6. The average molecular weight is 490 g/mol. The van der Waals surface area contributed by atoms with Crippen LogP contribution in [0.1, 0.15) is 48.5 Å². The molecular weight excluding hydrogens is 452 g/mol. The van der Waals surface area contributed by atoms with Crippen LogP contribution >= 0.6 is 0 Å². The smallest absolute Gasteiger partial charge is 0.444 e. The van der Waals surface area contributed by atoms with Crippen LogP contribution < -0.4 is 16.0 Å². The zero-order chi connectivity index (χ0) is 26.3. The molecule has 2 aliphatic rings. The van der Waals surface area contributed by atoms with Crippen molar-refractivity contribution >= 4 is 24.2 Å². The number of amides is 4. The molecule has 192 valence electrons. The van der Waals surface area contributed by atoms with Gasteiger partial charge in [-0.1, -0.05) is 5.92 Å². The lowest BCUT2D eigenvalue weighted by molar-refractivity contribution is -0.627. The van der Waals surface area contributed by atoms with Crippen molar-refractivity contribution in [1.82, 2.24) is 20.9 Å². The standard InChI is InChI=1S/C24H36N6O5/c1-8-9-11-26-20(31)30(22(33)35-24(5,6)7)17-18(10-12-27-21(32)34-23(2,3)4)28-19(30)29-15-13-25-14-16-29/h10,12,17,25H,11,13-16H2,1-7H3,(H-,26,27,31,32)/p+1. The number of hydrogen-bond acceptors (Lipinski definition) is 8. The number of imide groups is 1. The zero-order valence-corrected chi connectivity index (χ0v) is 21.7. The molecule has 35 heavy (non-hydrogen) atoms.